The van der Waals surface area contributed by atoms with Crippen molar-refractivity contribution in [3.05, 3.63) is 23.8 Å². The van der Waals surface area contributed by atoms with Crippen LogP contribution in [-0.4, -0.2) is 46.8 Å². The third kappa shape index (κ3) is 5.08. The number of aliphatic carboxylic acids is 2. The zero-order valence-corrected chi connectivity index (χ0v) is 21.4. The van der Waals surface area contributed by atoms with Crippen LogP contribution in [0.5, 0.6) is 0 Å². The molecule has 4 aliphatic carbocycles. The van der Waals surface area contributed by atoms with Gasteiger partial charge in [-0.05, 0) is 61.7 Å². The van der Waals surface area contributed by atoms with Gasteiger partial charge in [-0.15, -0.1) is 0 Å². The van der Waals surface area contributed by atoms with Gasteiger partial charge < -0.3 is 20.8 Å². The first-order valence-electron chi connectivity index (χ1n) is 12.7. The number of carboxylic acid groups (broad SMARTS) is 2. The Labute approximate surface area is 207 Å². The van der Waals surface area contributed by atoms with E-state index in [2.05, 4.69) is 38.9 Å². The van der Waals surface area contributed by atoms with Crippen molar-refractivity contribution in [3.63, 3.8) is 0 Å². The van der Waals surface area contributed by atoms with E-state index in [1.54, 1.807) is 5.57 Å². The number of ketones is 1. The molecule has 0 aliphatic heterocycles. The minimum atomic E-state index is -1.26. The van der Waals surface area contributed by atoms with Crippen molar-refractivity contribution in [1.82, 2.24) is 0 Å². The van der Waals surface area contributed by atoms with Gasteiger partial charge in [0, 0.05) is 35.9 Å². The maximum Gasteiger partial charge on any atom is 0.328 e. The average Bonchev–Trinajstić information content (AvgIpc) is 3.09. The Kier molecular flexibility index (Phi) is 7.94. The number of nitrogens with two attached hydrogens (primary N) is 1. The number of carbonyl (C=O) groups excluding carboxylic acids is 1. The van der Waals surface area contributed by atoms with Crippen LogP contribution >= 0.6 is 0 Å². The van der Waals surface area contributed by atoms with Crippen LogP contribution in [0.25, 0.3) is 0 Å². The highest BCUT2D eigenvalue weighted by molar-refractivity contribution is 5.93. The van der Waals surface area contributed by atoms with Crippen LogP contribution in [-0.2, 0) is 19.2 Å². The van der Waals surface area contributed by atoms with E-state index in [0.29, 0.717) is 48.8 Å². The minimum absolute atomic E-state index is 0.0459. The standard InChI is InChI=1S/C23H36N2O2.C4H4O4/c1-21(2)18-7-5-15-16-6-8-20(26)23(16,4)11-9-17(15)22(18,3)12-10-19(21)25-27-14-13-24;5-3(6)1-2-4(7)8/h7,15-17H,5-6,8-14,24H2,1-4H3;1-2H,(H,5,6)(H,7,8)/b25-19+;2-1+/t15-,16-,17-,22+,23-;/m0./s1. The van der Waals surface area contributed by atoms with E-state index in [9.17, 15) is 14.4 Å². The topological polar surface area (TPSA) is 139 Å². The molecule has 8 heteroatoms. The van der Waals surface area contributed by atoms with Gasteiger partial charge in [0.1, 0.15) is 12.4 Å². The molecule has 194 valence electrons. The van der Waals surface area contributed by atoms with Crippen LogP contribution < -0.4 is 5.73 Å². The molecule has 0 heterocycles. The number of Topliss-reactive ketones (excluding diaryl/α,β-unsaturated/α-hetero) is 1. The van der Waals surface area contributed by atoms with Crippen LogP contribution in [0.4, 0.5) is 0 Å². The van der Waals surface area contributed by atoms with Crippen molar-refractivity contribution in [1.29, 1.82) is 0 Å². The van der Waals surface area contributed by atoms with Crippen LogP contribution in [0.2, 0.25) is 0 Å². The lowest BCUT2D eigenvalue weighted by atomic mass is 9.45. The molecule has 0 amide bonds. The average molecular weight is 489 g/mol. The molecular weight excluding hydrogens is 448 g/mol. The van der Waals surface area contributed by atoms with Crippen LogP contribution in [0.15, 0.2) is 29.0 Å². The number of carboxylic acids is 2. The fourth-order valence-corrected chi connectivity index (χ4v) is 7.48. The number of nitrogens with zero attached hydrogens (tertiary/aromatic N) is 1. The number of rotatable bonds is 5. The number of hydrogen-bond donors (Lipinski definition) is 3. The van der Waals surface area contributed by atoms with Crippen molar-refractivity contribution in [2.75, 3.05) is 13.2 Å². The monoisotopic (exact) mass is 488 g/mol. The lowest BCUT2D eigenvalue weighted by Crippen LogP contribution is -2.53. The molecule has 0 radical (unpaired) electrons. The van der Waals surface area contributed by atoms with E-state index in [-0.39, 0.29) is 16.2 Å². The molecule has 0 aromatic carbocycles. The Bertz CT molecular complexity index is 935. The first-order chi connectivity index (χ1) is 16.4. The van der Waals surface area contributed by atoms with Crippen molar-refractivity contribution in [3.8, 4) is 0 Å². The van der Waals surface area contributed by atoms with Gasteiger partial charge in [0.2, 0.25) is 0 Å². The maximum atomic E-state index is 12.6. The Morgan fingerprint density at radius 3 is 2.29 bits per heavy atom. The molecule has 8 nitrogen and oxygen atoms in total. The highest BCUT2D eigenvalue weighted by atomic mass is 16.6. The molecule has 4 aliphatic rings. The van der Waals surface area contributed by atoms with Crippen molar-refractivity contribution in [2.24, 2.45) is 44.9 Å². The van der Waals surface area contributed by atoms with Crippen molar-refractivity contribution in [2.45, 2.75) is 72.6 Å². The van der Waals surface area contributed by atoms with E-state index in [4.69, 9.17) is 20.8 Å². The van der Waals surface area contributed by atoms with E-state index in [1.165, 1.54) is 6.42 Å². The van der Waals surface area contributed by atoms with Gasteiger partial charge in [-0.2, -0.15) is 0 Å². The van der Waals surface area contributed by atoms with E-state index >= 15 is 0 Å². The minimum Gasteiger partial charge on any atom is -0.478 e. The SMILES string of the molecule is CC1(C)C2=CC[C@@H]3[C@H](CC[C@]4(C)C(=O)CC[C@@H]34)[C@@]2(C)CC/C1=N\OCCN.O=C(O)/C=C/C(=O)O. The normalized spacial score (nSPS) is 36.4. The van der Waals surface area contributed by atoms with E-state index < -0.39 is 11.9 Å². The van der Waals surface area contributed by atoms with Crippen molar-refractivity contribution < 1.29 is 29.4 Å². The van der Waals surface area contributed by atoms with E-state index in [0.717, 1.165) is 44.2 Å². The summed E-state index contributed by atoms with van der Waals surface area (Å²) < 4.78 is 0. The number of fused-ring (bicyclic) bond motifs is 5. The number of carbonyl (C=O) groups is 3. The zero-order valence-electron chi connectivity index (χ0n) is 21.4. The summed E-state index contributed by atoms with van der Waals surface area (Å²) in [6, 6.07) is 0. The Balaban J connectivity index is 0.000000371. The summed E-state index contributed by atoms with van der Waals surface area (Å²) in [4.78, 5) is 37.1. The quantitative estimate of drug-likeness (QED) is 0.228. The molecule has 3 saturated carbocycles. The molecule has 4 N–H and O–H groups in total. The summed E-state index contributed by atoms with van der Waals surface area (Å²) in [6.07, 6.45) is 11.1. The fraction of sp³-hybridized carbons (Fsp3) is 0.704. The second-order valence-electron chi connectivity index (χ2n) is 11.4. The highest BCUT2D eigenvalue weighted by Crippen LogP contribution is 2.66. The first-order valence-corrected chi connectivity index (χ1v) is 12.7. The summed E-state index contributed by atoms with van der Waals surface area (Å²) in [5.41, 5.74) is 8.39. The Hall–Kier alpha value is -2.48. The van der Waals surface area contributed by atoms with Crippen LogP contribution in [0.1, 0.15) is 72.6 Å². The molecule has 0 bridgehead atoms. The lowest BCUT2D eigenvalue weighted by molar-refractivity contribution is -0.134. The third-order valence-electron chi connectivity index (χ3n) is 9.20. The smallest absolute Gasteiger partial charge is 0.328 e. The van der Waals surface area contributed by atoms with Gasteiger partial charge in [-0.3, -0.25) is 4.79 Å². The van der Waals surface area contributed by atoms with Gasteiger partial charge in [-0.25, -0.2) is 9.59 Å². The molecule has 35 heavy (non-hydrogen) atoms. The second-order valence-corrected chi connectivity index (χ2v) is 11.4. The summed E-state index contributed by atoms with van der Waals surface area (Å²) in [6.45, 7) is 10.4. The molecule has 0 saturated heterocycles. The highest BCUT2D eigenvalue weighted by Gasteiger charge is 2.60. The Morgan fingerprint density at radius 2 is 1.69 bits per heavy atom. The number of hydrogen-bond acceptors (Lipinski definition) is 6. The lowest BCUT2D eigenvalue weighted by Gasteiger charge is -2.59. The molecule has 0 spiro atoms. The summed E-state index contributed by atoms with van der Waals surface area (Å²) in [5.74, 6) is -0.0236. The first kappa shape index (κ1) is 27.1. The molecule has 0 aromatic rings. The summed E-state index contributed by atoms with van der Waals surface area (Å²) in [7, 11) is 0. The van der Waals surface area contributed by atoms with E-state index in [1.807, 2.05) is 0 Å². The molecular formula is C27H40N2O6. The second kappa shape index (κ2) is 10.2. The molecule has 4 rings (SSSR count). The van der Waals surface area contributed by atoms with Crippen LogP contribution in [0, 0.1) is 34.0 Å². The third-order valence-corrected chi connectivity index (χ3v) is 9.20. The molecule has 3 fully saturated rings. The molecule has 0 unspecified atom stereocenters. The van der Waals surface area contributed by atoms with Gasteiger partial charge in [0.05, 0.1) is 5.71 Å². The summed E-state index contributed by atoms with van der Waals surface area (Å²) >= 11 is 0. The van der Waals surface area contributed by atoms with Gasteiger partial charge in [0.15, 0.2) is 0 Å². The predicted octanol–water partition coefficient (Wildman–Crippen LogP) is 4.20. The number of oxime groups is 1. The molecule has 5 atom stereocenters. The van der Waals surface area contributed by atoms with Gasteiger partial charge >= 0.3 is 11.9 Å². The fourth-order valence-electron chi connectivity index (χ4n) is 7.48. The summed E-state index contributed by atoms with van der Waals surface area (Å²) in [5, 5.41) is 20.1. The predicted molar refractivity (Wildman–Crippen MR) is 133 cm³/mol. The maximum absolute atomic E-state index is 12.6. The van der Waals surface area contributed by atoms with Crippen LogP contribution in [0.3, 0.4) is 0 Å². The van der Waals surface area contributed by atoms with Crippen molar-refractivity contribution >= 4 is 23.4 Å². The van der Waals surface area contributed by atoms with Gasteiger partial charge in [0.25, 0.3) is 0 Å². The zero-order chi connectivity index (χ0) is 26.0. The number of allylic oxidation sites excluding steroid dienone is 2. The molecule has 0 aromatic heterocycles. The Morgan fingerprint density at radius 1 is 1.06 bits per heavy atom. The largest absolute Gasteiger partial charge is 0.478 e. The van der Waals surface area contributed by atoms with Gasteiger partial charge in [-0.1, -0.05) is 44.5 Å².